The van der Waals surface area contributed by atoms with Crippen molar-refractivity contribution in [3.05, 3.63) is 24.3 Å². The van der Waals surface area contributed by atoms with Gasteiger partial charge < -0.3 is 20.9 Å². The van der Waals surface area contributed by atoms with Crippen LogP contribution in [0.2, 0.25) is 0 Å². The van der Waals surface area contributed by atoms with Gasteiger partial charge in [0.15, 0.2) is 0 Å². The number of ether oxygens (including phenoxy) is 2. The van der Waals surface area contributed by atoms with Gasteiger partial charge in [-0.25, -0.2) is 0 Å². The summed E-state index contributed by atoms with van der Waals surface area (Å²) in [5, 5.41) is 0. The second kappa shape index (κ2) is 4.86. The Kier molecular flexibility index (Phi) is 3.43. The number of nitrogens with two attached hydrogens (primary N) is 2. The Hall–Kier alpha value is -1.75. The maximum Gasteiger partial charge on any atom is 0.241 e. The molecule has 0 aromatic heterocycles. The van der Waals surface area contributed by atoms with E-state index in [9.17, 15) is 4.79 Å². The van der Waals surface area contributed by atoms with Gasteiger partial charge in [-0.15, -0.1) is 0 Å². The highest BCUT2D eigenvalue weighted by Gasteiger charge is 2.47. The second-order valence-corrected chi connectivity index (χ2v) is 4.65. The third-order valence-corrected chi connectivity index (χ3v) is 3.28. The van der Waals surface area contributed by atoms with E-state index in [-0.39, 0.29) is 12.5 Å². The summed E-state index contributed by atoms with van der Waals surface area (Å²) in [7, 11) is 1.58. The molecular weight excluding hydrogens is 232 g/mol. The Bertz CT molecular complexity index is 446. The number of hydrogen-bond donors (Lipinski definition) is 2. The first kappa shape index (κ1) is 12.7. The summed E-state index contributed by atoms with van der Waals surface area (Å²) < 4.78 is 10.7. The smallest absolute Gasteiger partial charge is 0.241 e. The molecule has 0 heterocycles. The lowest BCUT2D eigenvalue weighted by Crippen LogP contribution is -2.58. The number of hydrogen-bond acceptors (Lipinski definition) is 4. The minimum absolute atomic E-state index is 0.0974. The van der Waals surface area contributed by atoms with Crippen LogP contribution in [0.4, 0.5) is 0 Å². The molecule has 1 atom stereocenters. The monoisotopic (exact) mass is 250 g/mol. The molecule has 0 saturated heterocycles. The number of primary amides is 1. The summed E-state index contributed by atoms with van der Waals surface area (Å²) in [5.41, 5.74) is 10.3. The molecule has 4 N–H and O–H groups in total. The average Bonchev–Trinajstić information content (AvgIpc) is 3.20. The zero-order valence-electron chi connectivity index (χ0n) is 10.4. The average molecular weight is 250 g/mol. The Labute approximate surface area is 106 Å². The molecule has 0 bridgehead atoms. The van der Waals surface area contributed by atoms with Crippen LogP contribution in [0.1, 0.15) is 12.8 Å². The lowest BCUT2D eigenvalue weighted by Gasteiger charge is -2.25. The lowest BCUT2D eigenvalue weighted by molar-refractivity contribution is -0.125. The Balaban J connectivity index is 2.03. The van der Waals surface area contributed by atoms with E-state index < -0.39 is 11.4 Å². The summed E-state index contributed by atoms with van der Waals surface area (Å²) in [6.07, 6.45) is 1.86. The fourth-order valence-electron chi connectivity index (χ4n) is 1.88. The molecule has 5 heteroatoms. The number of carbonyl (C=O) groups excluding carboxylic acids is 1. The standard InChI is InChI=1S/C13H18N2O3/c1-17-10-3-2-4-11(7-10)18-8-13(15,12(14)16)9-5-6-9/h2-4,7,9H,5-6,8,15H2,1H3,(H2,14,16). The van der Waals surface area contributed by atoms with Crippen LogP contribution in [-0.2, 0) is 4.79 Å². The van der Waals surface area contributed by atoms with Gasteiger partial charge in [-0.1, -0.05) is 6.07 Å². The van der Waals surface area contributed by atoms with Crippen LogP contribution < -0.4 is 20.9 Å². The molecular formula is C13H18N2O3. The van der Waals surface area contributed by atoms with Gasteiger partial charge in [0.05, 0.1) is 7.11 Å². The summed E-state index contributed by atoms with van der Waals surface area (Å²) in [4.78, 5) is 11.4. The van der Waals surface area contributed by atoms with Gasteiger partial charge in [-0.05, 0) is 30.9 Å². The molecule has 5 nitrogen and oxygen atoms in total. The molecule has 1 fully saturated rings. The first-order valence-corrected chi connectivity index (χ1v) is 5.92. The van der Waals surface area contributed by atoms with Crippen molar-refractivity contribution in [3.63, 3.8) is 0 Å². The van der Waals surface area contributed by atoms with Gasteiger partial charge in [0.25, 0.3) is 0 Å². The van der Waals surface area contributed by atoms with Crippen molar-refractivity contribution in [2.45, 2.75) is 18.4 Å². The third-order valence-electron chi connectivity index (χ3n) is 3.28. The quantitative estimate of drug-likeness (QED) is 0.776. The van der Waals surface area contributed by atoms with Gasteiger partial charge in [-0.2, -0.15) is 0 Å². The number of amides is 1. The first-order valence-electron chi connectivity index (χ1n) is 5.92. The molecule has 1 aliphatic carbocycles. The van der Waals surface area contributed by atoms with Gasteiger partial charge in [0, 0.05) is 6.07 Å². The number of benzene rings is 1. The highest BCUT2D eigenvalue weighted by Crippen LogP contribution is 2.38. The largest absolute Gasteiger partial charge is 0.497 e. The fourth-order valence-corrected chi connectivity index (χ4v) is 1.88. The van der Waals surface area contributed by atoms with Gasteiger partial charge in [0.1, 0.15) is 23.6 Å². The maximum atomic E-state index is 11.4. The molecule has 18 heavy (non-hydrogen) atoms. The number of rotatable bonds is 6. The highest BCUT2D eigenvalue weighted by atomic mass is 16.5. The SMILES string of the molecule is COc1cccc(OCC(N)(C(N)=O)C2CC2)c1. The van der Waals surface area contributed by atoms with Crippen molar-refractivity contribution in [2.24, 2.45) is 17.4 Å². The molecule has 1 aliphatic rings. The molecule has 1 aromatic carbocycles. The van der Waals surface area contributed by atoms with Gasteiger partial charge in [0.2, 0.25) is 5.91 Å². The third kappa shape index (κ3) is 2.56. The second-order valence-electron chi connectivity index (χ2n) is 4.65. The fraction of sp³-hybridized carbons (Fsp3) is 0.462. The highest BCUT2D eigenvalue weighted by molar-refractivity contribution is 5.85. The summed E-state index contributed by atoms with van der Waals surface area (Å²) in [6, 6.07) is 7.16. The zero-order valence-corrected chi connectivity index (χ0v) is 10.4. The maximum absolute atomic E-state index is 11.4. The Morgan fingerprint density at radius 3 is 2.67 bits per heavy atom. The summed E-state index contributed by atoms with van der Waals surface area (Å²) >= 11 is 0. The topological polar surface area (TPSA) is 87.6 Å². The molecule has 0 radical (unpaired) electrons. The van der Waals surface area contributed by atoms with E-state index in [0.29, 0.717) is 11.5 Å². The van der Waals surface area contributed by atoms with Crippen molar-refractivity contribution < 1.29 is 14.3 Å². The van der Waals surface area contributed by atoms with Crippen molar-refractivity contribution in [3.8, 4) is 11.5 Å². The minimum Gasteiger partial charge on any atom is -0.497 e. The van der Waals surface area contributed by atoms with E-state index in [2.05, 4.69) is 0 Å². The molecule has 98 valence electrons. The van der Waals surface area contributed by atoms with Crippen molar-refractivity contribution in [1.29, 1.82) is 0 Å². The molecule has 1 aromatic rings. The molecule has 2 rings (SSSR count). The zero-order chi connectivity index (χ0) is 13.2. The number of methoxy groups -OCH3 is 1. The van der Waals surface area contributed by atoms with Crippen LogP contribution in [0.5, 0.6) is 11.5 Å². The molecule has 0 aliphatic heterocycles. The van der Waals surface area contributed by atoms with E-state index in [1.54, 1.807) is 19.2 Å². The van der Waals surface area contributed by atoms with Crippen LogP contribution in [-0.4, -0.2) is 25.2 Å². The van der Waals surface area contributed by atoms with E-state index in [4.69, 9.17) is 20.9 Å². The van der Waals surface area contributed by atoms with E-state index in [1.165, 1.54) is 0 Å². The number of carbonyl (C=O) groups is 1. The summed E-state index contributed by atoms with van der Waals surface area (Å²) in [6.45, 7) is 0.0974. The van der Waals surface area contributed by atoms with Gasteiger partial charge >= 0.3 is 0 Å². The van der Waals surface area contributed by atoms with Crippen LogP contribution >= 0.6 is 0 Å². The predicted octanol–water partition coefficient (Wildman–Crippen LogP) is 0.667. The summed E-state index contributed by atoms with van der Waals surface area (Å²) in [5.74, 6) is 0.945. The lowest BCUT2D eigenvalue weighted by atomic mass is 9.95. The van der Waals surface area contributed by atoms with E-state index in [0.717, 1.165) is 12.8 Å². The van der Waals surface area contributed by atoms with Crippen LogP contribution in [0.25, 0.3) is 0 Å². The van der Waals surface area contributed by atoms with Crippen LogP contribution in [0.3, 0.4) is 0 Å². The van der Waals surface area contributed by atoms with E-state index >= 15 is 0 Å². The molecule has 0 spiro atoms. The molecule has 1 saturated carbocycles. The van der Waals surface area contributed by atoms with Crippen molar-refractivity contribution >= 4 is 5.91 Å². The van der Waals surface area contributed by atoms with Crippen LogP contribution in [0, 0.1) is 5.92 Å². The van der Waals surface area contributed by atoms with E-state index in [1.807, 2.05) is 12.1 Å². The molecule has 1 amide bonds. The van der Waals surface area contributed by atoms with Crippen LogP contribution in [0.15, 0.2) is 24.3 Å². The van der Waals surface area contributed by atoms with Crippen molar-refractivity contribution in [2.75, 3.05) is 13.7 Å². The Morgan fingerprint density at radius 2 is 2.11 bits per heavy atom. The van der Waals surface area contributed by atoms with Crippen molar-refractivity contribution in [1.82, 2.24) is 0 Å². The van der Waals surface area contributed by atoms with Gasteiger partial charge in [-0.3, -0.25) is 4.79 Å². The predicted molar refractivity (Wildman–Crippen MR) is 67.3 cm³/mol. The Morgan fingerprint density at radius 1 is 1.44 bits per heavy atom. The molecule has 1 unspecified atom stereocenters. The minimum atomic E-state index is -1.07. The normalized spacial score (nSPS) is 17.9. The first-order chi connectivity index (χ1) is 8.56.